The van der Waals surface area contributed by atoms with E-state index < -0.39 is 34.7 Å². The number of non-ortho nitro benzene ring substituents is 1. The number of rotatable bonds is 12. The van der Waals surface area contributed by atoms with Crippen molar-refractivity contribution in [3.8, 4) is 0 Å². The van der Waals surface area contributed by atoms with Gasteiger partial charge < -0.3 is 15.4 Å². The third kappa shape index (κ3) is 8.34. The first-order valence-electron chi connectivity index (χ1n) is 13.0. The Kier molecular flexibility index (Phi) is 9.92. The lowest BCUT2D eigenvalue weighted by molar-refractivity contribution is -0.384. The van der Waals surface area contributed by atoms with Crippen LogP contribution in [0.15, 0.2) is 115 Å². The predicted octanol–water partition coefficient (Wildman–Crippen LogP) is 4.31. The SMILES string of the molecule is O=C(CNC(=O)[C@H](Cc1ccc([N+](=O)[O-])cc1)NC(=O)C(c1ccccc1)c1ccccc1)OCc1ccccc1. The highest BCUT2D eigenvalue weighted by Crippen LogP contribution is 2.25. The molecule has 208 valence electrons. The lowest BCUT2D eigenvalue weighted by Gasteiger charge is -2.23. The van der Waals surface area contributed by atoms with Crippen LogP contribution in [0, 0.1) is 10.1 Å². The Labute approximate surface area is 237 Å². The fourth-order valence-corrected chi connectivity index (χ4v) is 4.31. The summed E-state index contributed by atoms with van der Waals surface area (Å²) in [5.41, 5.74) is 2.81. The second kappa shape index (κ2) is 14.2. The number of nitro groups is 1. The van der Waals surface area contributed by atoms with Crippen molar-refractivity contribution in [2.45, 2.75) is 25.0 Å². The van der Waals surface area contributed by atoms with E-state index in [0.717, 1.165) is 16.7 Å². The first-order valence-corrected chi connectivity index (χ1v) is 13.0. The van der Waals surface area contributed by atoms with Crippen LogP contribution in [0.1, 0.15) is 28.2 Å². The Bertz CT molecular complexity index is 1420. The molecular weight excluding hydrogens is 522 g/mol. The standard InChI is InChI=1S/C32H29N3O6/c36-29(41-22-24-10-4-1-5-11-24)21-33-31(37)28(20-23-16-18-27(19-17-23)35(39)40)34-32(38)30(25-12-6-2-7-13-25)26-14-8-3-9-15-26/h1-19,28,30H,20-22H2,(H,33,37)(H,34,38)/t28-/m0/s1. The van der Waals surface area contributed by atoms with Gasteiger partial charge >= 0.3 is 5.97 Å². The van der Waals surface area contributed by atoms with Crippen LogP contribution in [0.2, 0.25) is 0 Å². The van der Waals surface area contributed by atoms with E-state index in [1.54, 1.807) is 0 Å². The van der Waals surface area contributed by atoms with Crippen LogP contribution in [-0.2, 0) is 32.1 Å². The van der Waals surface area contributed by atoms with E-state index in [1.807, 2.05) is 91.0 Å². The molecular formula is C32H29N3O6. The fraction of sp³-hybridized carbons (Fsp3) is 0.156. The molecule has 0 radical (unpaired) electrons. The lowest BCUT2D eigenvalue weighted by Crippen LogP contribution is -2.50. The predicted molar refractivity (Wildman–Crippen MR) is 153 cm³/mol. The summed E-state index contributed by atoms with van der Waals surface area (Å²) in [7, 11) is 0. The molecule has 0 fully saturated rings. The van der Waals surface area contributed by atoms with Gasteiger partial charge in [0.1, 0.15) is 19.2 Å². The maximum atomic E-state index is 13.7. The molecule has 0 aliphatic rings. The Morgan fingerprint density at radius 1 is 0.707 bits per heavy atom. The second-order valence-corrected chi connectivity index (χ2v) is 9.31. The summed E-state index contributed by atoms with van der Waals surface area (Å²) in [6, 6.07) is 32.2. The van der Waals surface area contributed by atoms with Crippen molar-refractivity contribution < 1.29 is 24.0 Å². The summed E-state index contributed by atoms with van der Waals surface area (Å²) in [4.78, 5) is 49.9. The molecule has 2 N–H and O–H groups in total. The van der Waals surface area contributed by atoms with Crippen molar-refractivity contribution in [1.82, 2.24) is 10.6 Å². The molecule has 4 aromatic rings. The van der Waals surface area contributed by atoms with Crippen molar-refractivity contribution in [2.24, 2.45) is 0 Å². The maximum absolute atomic E-state index is 13.7. The number of hydrogen-bond donors (Lipinski definition) is 2. The van der Waals surface area contributed by atoms with E-state index in [4.69, 9.17) is 4.74 Å². The van der Waals surface area contributed by atoms with Crippen molar-refractivity contribution in [1.29, 1.82) is 0 Å². The highest BCUT2D eigenvalue weighted by atomic mass is 16.6. The normalized spacial score (nSPS) is 11.3. The monoisotopic (exact) mass is 551 g/mol. The van der Waals surface area contributed by atoms with Crippen molar-refractivity contribution in [3.63, 3.8) is 0 Å². The summed E-state index contributed by atoms with van der Waals surface area (Å²) < 4.78 is 5.24. The minimum absolute atomic E-state index is 0.0466. The Morgan fingerprint density at radius 2 is 1.24 bits per heavy atom. The molecule has 4 rings (SSSR count). The second-order valence-electron chi connectivity index (χ2n) is 9.31. The molecule has 0 unspecified atom stereocenters. The van der Waals surface area contributed by atoms with Crippen LogP contribution in [0.4, 0.5) is 5.69 Å². The first kappa shape index (κ1) is 28.7. The largest absolute Gasteiger partial charge is 0.460 e. The number of benzene rings is 4. The molecule has 0 spiro atoms. The molecule has 2 amide bonds. The highest BCUT2D eigenvalue weighted by Gasteiger charge is 2.28. The van der Waals surface area contributed by atoms with Gasteiger partial charge in [0.2, 0.25) is 11.8 Å². The highest BCUT2D eigenvalue weighted by molar-refractivity contribution is 5.93. The molecule has 0 aliphatic heterocycles. The smallest absolute Gasteiger partial charge is 0.325 e. The number of hydrogen-bond acceptors (Lipinski definition) is 6. The number of carbonyl (C=O) groups is 3. The Balaban J connectivity index is 1.50. The summed E-state index contributed by atoms with van der Waals surface area (Å²) >= 11 is 0. The van der Waals surface area contributed by atoms with Gasteiger partial charge in [-0.05, 0) is 22.3 Å². The number of nitro benzene ring substituents is 1. The number of esters is 1. The number of carbonyl (C=O) groups excluding carboxylic acids is 3. The van der Waals surface area contributed by atoms with E-state index in [9.17, 15) is 24.5 Å². The molecule has 0 saturated carbocycles. The topological polar surface area (TPSA) is 128 Å². The van der Waals surface area contributed by atoms with Gasteiger partial charge in [0, 0.05) is 18.6 Å². The zero-order valence-electron chi connectivity index (χ0n) is 22.1. The average Bonchev–Trinajstić information content (AvgIpc) is 3.00. The maximum Gasteiger partial charge on any atom is 0.325 e. The molecule has 0 bridgehead atoms. The van der Waals surface area contributed by atoms with E-state index in [0.29, 0.717) is 5.56 Å². The van der Waals surface area contributed by atoms with Crippen LogP contribution in [0.25, 0.3) is 0 Å². The van der Waals surface area contributed by atoms with Crippen molar-refractivity contribution in [3.05, 3.63) is 148 Å². The summed E-state index contributed by atoms with van der Waals surface area (Å²) in [5.74, 6) is -2.32. The van der Waals surface area contributed by atoms with Gasteiger partial charge in [0.15, 0.2) is 0 Å². The lowest BCUT2D eigenvalue weighted by atomic mass is 9.90. The Hall–Kier alpha value is -5.31. The van der Waals surface area contributed by atoms with E-state index >= 15 is 0 Å². The van der Waals surface area contributed by atoms with Crippen LogP contribution >= 0.6 is 0 Å². The summed E-state index contributed by atoms with van der Waals surface area (Å²) in [6.45, 7) is -0.326. The van der Waals surface area contributed by atoms with Crippen molar-refractivity contribution >= 4 is 23.5 Å². The summed E-state index contributed by atoms with van der Waals surface area (Å²) in [6.07, 6.45) is 0.0466. The van der Waals surface area contributed by atoms with Gasteiger partial charge in [-0.25, -0.2) is 0 Å². The van der Waals surface area contributed by atoms with Gasteiger partial charge in [-0.3, -0.25) is 24.5 Å². The number of nitrogens with zero attached hydrogens (tertiary/aromatic N) is 1. The van der Waals surface area contributed by atoms with E-state index in [1.165, 1.54) is 24.3 Å². The quantitative estimate of drug-likeness (QED) is 0.153. The van der Waals surface area contributed by atoms with Crippen LogP contribution in [0.5, 0.6) is 0 Å². The minimum atomic E-state index is -1.07. The van der Waals surface area contributed by atoms with Gasteiger partial charge in [-0.1, -0.05) is 103 Å². The van der Waals surface area contributed by atoms with E-state index in [-0.39, 0.29) is 25.3 Å². The Morgan fingerprint density at radius 3 is 1.78 bits per heavy atom. The molecule has 9 heteroatoms. The molecule has 1 atom stereocenters. The third-order valence-corrected chi connectivity index (χ3v) is 6.40. The molecule has 0 heterocycles. The fourth-order valence-electron chi connectivity index (χ4n) is 4.31. The third-order valence-electron chi connectivity index (χ3n) is 6.40. The minimum Gasteiger partial charge on any atom is -0.460 e. The van der Waals surface area contributed by atoms with E-state index in [2.05, 4.69) is 10.6 Å². The van der Waals surface area contributed by atoms with Crippen LogP contribution in [0.3, 0.4) is 0 Å². The molecule has 0 aliphatic carbocycles. The van der Waals surface area contributed by atoms with Crippen molar-refractivity contribution in [2.75, 3.05) is 6.54 Å². The zero-order chi connectivity index (χ0) is 29.0. The van der Waals surface area contributed by atoms with Gasteiger partial charge in [-0.15, -0.1) is 0 Å². The molecule has 9 nitrogen and oxygen atoms in total. The number of nitrogens with one attached hydrogen (secondary N) is 2. The zero-order valence-corrected chi connectivity index (χ0v) is 22.1. The molecule has 4 aromatic carbocycles. The molecule has 41 heavy (non-hydrogen) atoms. The molecule has 0 saturated heterocycles. The number of ether oxygens (including phenoxy) is 1. The molecule has 0 aromatic heterocycles. The summed E-state index contributed by atoms with van der Waals surface area (Å²) in [5, 5.41) is 16.5. The van der Waals surface area contributed by atoms with Crippen LogP contribution < -0.4 is 10.6 Å². The van der Waals surface area contributed by atoms with Gasteiger partial charge in [0.25, 0.3) is 5.69 Å². The van der Waals surface area contributed by atoms with Crippen LogP contribution in [-0.4, -0.2) is 35.3 Å². The van der Waals surface area contributed by atoms with Gasteiger partial charge in [-0.2, -0.15) is 0 Å². The average molecular weight is 552 g/mol. The first-order chi connectivity index (χ1) is 19.9. The number of amides is 2. The van der Waals surface area contributed by atoms with Gasteiger partial charge in [0.05, 0.1) is 10.8 Å².